The molecule has 1 heterocycles. The molecule has 1 atom stereocenters. The Balaban J connectivity index is 1.98. The van der Waals surface area contributed by atoms with E-state index in [-0.39, 0.29) is 5.75 Å². The van der Waals surface area contributed by atoms with Crippen LogP contribution < -0.4 is 10.1 Å². The van der Waals surface area contributed by atoms with Crippen molar-refractivity contribution in [2.24, 2.45) is 0 Å². The quantitative estimate of drug-likeness (QED) is 0.496. The number of rotatable bonds is 8. The highest BCUT2D eigenvalue weighted by Gasteiger charge is 2.20. The van der Waals surface area contributed by atoms with Gasteiger partial charge in [0.2, 0.25) is 5.91 Å². The van der Waals surface area contributed by atoms with Crippen LogP contribution >= 0.6 is 11.8 Å². The average Bonchev–Trinajstić information content (AvgIpc) is 3.12. The molecule has 0 fully saturated rings. The number of esters is 1. The smallest absolute Gasteiger partial charge is 0.330 e. The molecular formula is C15H18N4O5S. The van der Waals surface area contributed by atoms with Gasteiger partial charge in [-0.05, 0) is 24.3 Å². The van der Waals surface area contributed by atoms with Gasteiger partial charge in [0.15, 0.2) is 11.2 Å². The molecule has 0 aliphatic heterocycles. The number of nitrogens with one attached hydrogen (secondary N) is 1. The molecule has 1 amide bonds. The summed E-state index contributed by atoms with van der Waals surface area (Å²) in [4.78, 5) is 23.3. The van der Waals surface area contributed by atoms with Crippen molar-refractivity contribution >= 4 is 23.6 Å². The third-order valence-corrected chi connectivity index (χ3v) is 4.15. The normalized spacial score (nSPS) is 11.6. The lowest BCUT2D eigenvalue weighted by Crippen LogP contribution is -2.44. The molecule has 0 spiro atoms. The van der Waals surface area contributed by atoms with Gasteiger partial charge in [0.05, 0.1) is 26.6 Å². The predicted molar refractivity (Wildman–Crippen MR) is 89.7 cm³/mol. The van der Waals surface area contributed by atoms with Gasteiger partial charge >= 0.3 is 5.97 Å². The molecule has 0 bridgehead atoms. The predicted octanol–water partition coefficient (Wildman–Crippen LogP) is 0.0181. The van der Waals surface area contributed by atoms with Gasteiger partial charge in [-0.15, -0.1) is 10.2 Å². The van der Waals surface area contributed by atoms with Crippen LogP contribution in [0.2, 0.25) is 0 Å². The number of ether oxygens (including phenoxy) is 2. The van der Waals surface area contributed by atoms with Crippen molar-refractivity contribution in [3.05, 3.63) is 30.6 Å². The van der Waals surface area contributed by atoms with Gasteiger partial charge in [-0.1, -0.05) is 11.8 Å². The number of benzene rings is 1. The van der Waals surface area contributed by atoms with Crippen molar-refractivity contribution in [2.75, 3.05) is 26.6 Å². The SMILES string of the molecule is COC(=O)C(CO)NC(=O)CSc1nncn1-c1ccc(OC)cc1. The first-order chi connectivity index (χ1) is 12.1. The summed E-state index contributed by atoms with van der Waals surface area (Å²) < 4.78 is 11.3. The van der Waals surface area contributed by atoms with E-state index in [0.29, 0.717) is 5.16 Å². The maximum absolute atomic E-state index is 11.9. The zero-order valence-corrected chi connectivity index (χ0v) is 14.5. The largest absolute Gasteiger partial charge is 0.497 e. The van der Waals surface area contributed by atoms with Gasteiger partial charge in [-0.25, -0.2) is 4.79 Å². The lowest BCUT2D eigenvalue weighted by molar-refractivity contribution is -0.145. The van der Waals surface area contributed by atoms with Gasteiger partial charge in [0, 0.05) is 5.69 Å². The standard InChI is InChI=1S/C15H18N4O5S/c1-23-11-5-3-10(4-6-11)19-9-16-18-15(19)25-8-13(21)17-12(7-20)14(22)24-2/h3-6,9,12,20H,7-8H2,1-2H3,(H,17,21). The van der Waals surface area contributed by atoms with Gasteiger partial charge in [-0.2, -0.15) is 0 Å². The zero-order chi connectivity index (χ0) is 18.2. The number of hydrogen-bond acceptors (Lipinski definition) is 8. The fourth-order valence-electron chi connectivity index (χ4n) is 1.93. The van der Waals surface area contributed by atoms with E-state index in [9.17, 15) is 9.59 Å². The number of hydrogen-bond donors (Lipinski definition) is 2. The molecule has 2 rings (SSSR count). The summed E-state index contributed by atoms with van der Waals surface area (Å²) in [6.45, 7) is -0.537. The van der Waals surface area contributed by atoms with E-state index >= 15 is 0 Å². The molecule has 0 aliphatic carbocycles. The average molecular weight is 366 g/mol. The summed E-state index contributed by atoms with van der Waals surface area (Å²) in [6.07, 6.45) is 1.53. The van der Waals surface area contributed by atoms with Gasteiger partial charge in [0.25, 0.3) is 0 Å². The van der Waals surface area contributed by atoms with Crippen molar-refractivity contribution in [3.63, 3.8) is 0 Å². The molecule has 2 N–H and O–H groups in total. The Morgan fingerprint density at radius 3 is 2.64 bits per heavy atom. The van der Waals surface area contributed by atoms with E-state index in [1.54, 1.807) is 23.8 Å². The number of methoxy groups -OCH3 is 2. The number of aromatic nitrogens is 3. The van der Waals surface area contributed by atoms with Gasteiger partial charge in [-0.3, -0.25) is 9.36 Å². The lowest BCUT2D eigenvalue weighted by atomic mass is 10.3. The van der Waals surface area contributed by atoms with E-state index in [1.807, 2.05) is 12.1 Å². The second kappa shape index (κ2) is 9.04. The Hall–Kier alpha value is -2.59. The lowest BCUT2D eigenvalue weighted by Gasteiger charge is -2.13. The summed E-state index contributed by atoms with van der Waals surface area (Å²) in [5, 5.41) is 19.8. The fourth-order valence-corrected chi connectivity index (χ4v) is 2.67. The molecule has 1 unspecified atom stereocenters. The molecule has 10 heteroatoms. The van der Waals surface area contributed by atoms with Crippen LogP contribution in [-0.4, -0.2) is 64.4 Å². The third kappa shape index (κ3) is 4.94. The molecular weight excluding hydrogens is 348 g/mol. The molecule has 0 saturated carbocycles. The number of thioether (sulfide) groups is 1. The molecule has 0 radical (unpaired) electrons. The van der Waals surface area contributed by atoms with Crippen molar-refractivity contribution in [1.29, 1.82) is 0 Å². The van der Waals surface area contributed by atoms with E-state index in [0.717, 1.165) is 23.2 Å². The highest BCUT2D eigenvalue weighted by atomic mass is 32.2. The number of aliphatic hydroxyl groups is 1. The number of carbonyl (C=O) groups excluding carboxylic acids is 2. The van der Waals surface area contributed by atoms with Crippen molar-refractivity contribution < 1.29 is 24.2 Å². The maximum atomic E-state index is 11.9. The van der Waals surface area contributed by atoms with Crippen molar-refractivity contribution in [1.82, 2.24) is 20.1 Å². The molecule has 2 aromatic rings. The summed E-state index contributed by atoms with van der Waals surface area (Å²) >= 11 is 1.15. The second-order valence-corrected chi connectivity index (χ2v) is 5.74. The van der Waals surface area contributed by atoms with E-state index in [2.05, 4.69) is 20.3 Å². The number of aliphatic hydroxyl groups excluding tert-OH is 1. The van der Waals surface area contributed by atoms with Crippen LogP contribution in [0, 0.1) is 0 Å². The van der Waals surface area contributed by atoms with Crippen LogP contribution in [0.5, 0.6) is 5.75 Å². The van der Waals surface area contributed by atoms with Gasteiger partial charge in [0.1, 0.15) is 12.1 Å². The number of nitrogens with zero attached hydrogens (tertiary/aromatic N) is 3. The Morgan fingerprint density at radius 1 is 1.32 bits per heavy atom. The van der Waals surface area contributed by atoms with E-state index < -0.39 is 24.5 Å². The minimum absolute atomic E-state index is 0.00232. The van der Waals surface area contributed by atoms with Crippen LogP contribution in [-0.2, 0) is 14.3 Å². The van der Waals surface area contributed by atoms with Crippen LogP contribution in [0.15, 0.2) is 35.7 Å². The van der Waals surface area contributed by atoms with Crippen LogP contribution in [0.3, 0.4) is 0 Å². The van der Waals surface area contributed by atoms with Crippen LogP contribution in [0.1, 0.15) is 0 Å². The summed E-state index contributed by atoms with van der Waals surface area (Å²) in [6, 6.07) is 6.20. The molecule has 9 nitrogen and oxygen atoms in total. The first kappa shape index (κ1) is 18.7. The van der Waals surface area contributed by atoms with Crippen molar-refractivity contribution in [2.45, 2.75) is 11.2 Å². The number of amides is 1. The second-order valence-electron chi connectivity index (χ2n) is 4.80. The Bertz CT molecular complexity index is 719. The summed E-state index contributed by atoms with van der Waals surface area (Å²) in [5.74, 6) is -0.410. The molecule has 1 aromatic carbocycles. The van der Waals surface area contributed by atoms with Crippen LogP contribution in [0.25, 0.3) is 5.69 Å². The van der Waals surface area contributed by atoms with Gasteiger partial charge < -0.3 is 19.9 Å². The van der Waals surface area contributed by atoms with E-state index in [1.165, 1.54) is 13.4 Å². The monoisotopic (exact) mass is 366 g/mol. The van der Waals surface area contributed by atoms with Crippen molar-refractivity contribution in [3.8, 4) is 11.4 Å². The Kier molecular flexibility index (Phi) is 6.78. The first-order valence-corrected chi connectivity index (χ1v) is 8.23. The maximum Gasteiger partial charge on any atom is 0.330 e. The van der Waals surface area contributed by atoms with Crippen LogP contribution in [0.4, 0.5) is 0 Å². The molecule has 0 aliphatic rings. The topological polar surface area (TPSA) is 116 Å². The number of carbonyl (C=O) groups is 2. The molecule has 25 heavy (non-hydrogen) atoms. The third-order valence-electron chi connectivity index (χ3n) is 3.20. The molecule has 0 saturated heterocycles. The molecule has 1 aromatic heterocycles. The zero-order valence-electron chi connectivity index (χ0n) is 13.7. The highest BCUT2D eigenvalue weighted by molar-refractivity contribution is 7.99. The summed E-state index contributed by atoms with van der Waals surface area (Å²) in [7, 11) is 2.77. The van der Waals surface area contributed by atoms with E-state index in [4.69, 9.17) is 9.84 Å². The minimum Gasteiger partial charge on any atom is -0.497 e. The summed E-state index contributed by atoms with van der Waals surface area (Å²) in [5.41, 5.74) is 0.816. The molecule has 134 valence electrons. The Labute approximate surface area is 148 Å². The fraction of sp³-hybridized carbons (Fsp3) is 0.333. The minimum atomic E-state index is -1.09. The first-order valence-electron chi connectivity index (χ1n) is 7.24. The highest BCUT2D eigenvalue weighted by Crippen LogP contribution is 2.21. The Morgan fingerprint density at radius 2 is 2.04 bits per heavy atom.